The SMILES string of the molecule is CCCCCCCCCCCCn1c(C2CC(=O)N(c3cccc4ccccc34)C2)nc2ccccc21. The van der Waals surface area contributed by atoms with Crippen LogP contribution in [0.5, 0.6) is 0 Å². The highest BCUT2D eigenvalue weighted by Crippen LogP contribution is 2.36. The van der Waals surface area contributed by atoms with E-state index in [2.05, 4.69) is 78.2 Å². The molecule has 0 aliphatic carbocycles. The lowest BCUT2D eigenvalue weighted by Gasteiger charge is -2.19. The van der Waals surface area contributed by atoms with E-state index in [1.54, 1.807) is 0 Å². The quantitative estimate of drug-likeness (QED) is 0.174. The Morgan fingerprint density at radius 2 is 1.46 bits per heavy atom. The highest BCUT2D eigenvalue weighted by Gasteiger charge is 2.35. The molecule has 4 aromatic rings. The van der Waals surface area contributed by atoms with Crippen LogP contribution in [0.25, 0.3) is 21.8 Å². The molecule has 4 heteroatoms. The standard InChI is InChI=1S/C33H41N3O/c1-2-3-4-5-6-7-8-9-10-15-23-35-31-21-14-13-20-29(31)34-33(35)27-24-32(37)36(25-27)30-22-16-18-26-17-11-12-19-28(26)30/h11-14,16-22,27H,2-10,15,23-25H2,1H3. The van der Waals surface area contributed by atoms with Gasteiger partial charge in [-0.05, 0) is 30.0 Å². The van der Waals surface area contributed by atoms with E-state index in [4.69, 9.17) is 4.98 Å². The lowest BCUT2D eigenvalue weighted by molar-refractivity contribution is -0.117. The molecule has 0 spiro atoms. The number of rotatable bonds is 13. The molecular weight excluding hydrogens is 454 g/mol. The van der Waals surface area contributed by atoms with Gasteiger partial charge in [0.25, 0.3) is 0 Å². The third kappa shape index (κ3) is 5.89. The van der Waals surface area contributed by atoms with E-state index < -0.39 is 0 Å². The molecule has 1 aliphatic heterocycles. The Balaban J connectivity index is 1.25. The molecule has 3 aromatic carbocycles. The van der Waals surface area contributed by atoms with Crippen LogP contribution >= 0.6 is 0 Å². The molecule has 1 fully saturated rings. The van der Waals surface area contributed by atoms with Crippen LogP contribution in [0.3, 0.4) is 0 Å². The second-order valence-corrected chi connectivity index (χ2v) is 10.7. The summed E-state index contributed by atoms with van der Waals surface area (Å²) < 4.78 is 2.41. The molecule has 0 bridgehead atoms. The number of anilines is 1. The number of hydrogen-bond donors (Lipinski definition) is 0. The lowest BCUT2D eigenvalue weighted by Crippen LogP contribution is -2.24. The van der Waals surface area contributed by atoms with Gasteiger partial charge >= 0.3 is 0 Å². The number of benzene rings is 3. The highest BCUT2D eigenvalue weighted by atomic mass is 16.2. The van der Waals surface area contributed by atoms with Crippen LogP contribution in [-0.2, 0) is 11.3 Å². The fourth-order valence-electron chi connectivity index (χ4n) is 5.96. The van der Waals surface area contributed by atoms with Crippen molar-refractivity contribution in [2.45, 2.75) is 90.0 Å². The predicted molar refractivity (Wildman–Crippen MR) is 155 cm³/mol. The minimum Gasteiger partial charge on any atom is -0.328 e. The summed E-state index contributed by atoms with van der Waals surface area (Å²) in [6, 6.07) is 23.0. The number of nitrogens with zero attached hydrogens (tertiary/aromatic N) is 3. The Morgan fingerprint density at radius 1 is 0.784 bits per heavy atom. The second-order valence-electron chi connectivity index (χ2n) is 10.7. The van der Waals surface area contributed by atoms with Gasteiger partial charge in [-0.1, -0.05) is 113 Å². The maximum atomic E-state index is 13.3. The van der Waals surface area contributed by atoms with Gasteiger partial charge in [-0.25, -0.2) is 4.98 Å². The Kier molecular flexibility index (Phi) is 8.55. The van der Waals surface area contributed by atoms with Crippen molar-refractivity contribution >= 4 is 33.4 Å². The zero-order chi connectivity index (χ0) is 25.5. The zero-order valence-electron chi connectivity index (χ0n) is 22.4. The average Bonchev–Trinajstić information content (AvgIpc) is 3.49. The molecular formula is C33H41N3O. The minimum absolute atomic E-state index is 0.113. The maximum Gasteiger partial charge on any atom is 0.227 e. The van der Waals surface area contributed by atoms with Crippen molar-refractivity contribution in [2.24, 2.45) is 0 Å². The Labute approximate surface area is 221 Å². The predicted octanol–water partition coefficient (Wildman–Crippen LogP) is 8.63. The third-order valence-corrected chi connectivity index (χ3v) is 7.97. The first kappa shape index (κ1) is 25.5. The number of fused-ring (bicyclic) bond motifs is 2. The monoisotopic (exact) mass is 495 g/mol. The van der Waals surface area contributed by atoms with Gasteiger partial charge in [0.15, 0.2) is 0 Å². The number of unbranched alkanes of at least 4 members (excludes halogenated alkanes) is 9. The Hall–Kier alpha value is -3.14. The van der Waals surface area contributed by atoms with Crippen molar-refractivity contribution in [3.8, 4) is 0 Å². The summed E-state index contributed by atoms with van der Waals surface area (Å²) in [5.41, 5.74) is 3.26. The highest BCUT2D eigenvalue weighted by molar-refractivity contribution is 6.05. The molecule has 4 nitrogen and oxygen atoms in total. The van der Waals surface area contributed by atoms with E-state index in [-0.39, 0.29) is 11.8 Å². The first-order valence-electron chi connectivity index (χ1n) is 14.5. The molecule has 0 radical (unpaired) electrons. The number of imidazole rings is 1. The molecule has 5 rings (SSSR count). The topological polar surface area (TPSA) is 38.1 Å². The van der Waals surface area contributed by atoms with Gasteiger partial charge < -0.3 is 9.47 Å². The summed E-state index contributed by atoms with van der Waals surface area (Å²) in [6.07, 6.45) is 13.9. The van der Waals surface area contributed by atoms with Gasteiger partial charge in [-0.2, -0.15) is 0 Å². The molecule has 1 amide bonds. The number of para-hydroxylation sites is 2. The van der Waals surface area contributed by atoms with Crippen LogP contribution in [0.15, 0.2) is 66.7 Å². The summed E-state index contributed by atoms with van der Waals surface area (Å²) in [6.45, 7) is 3.94. The molecule has 1 aliphatic rings. The summed E-state index contributed by atoms with van der Waals surface area (Å²) in [5, 5.41) is 2.31. The first-order valence-corrected chi connectivity index (χ1v) is 14.5. The minimum atomic E-state index is 0.113. The van der Waals surface area contributed by atoms with Gasteiger partial charge in [0.1, 0.15) is 5.82 Å². The van der Waals surface area contributed by atoms with Crippen LogP contribution in [-0.4, -0.2) is 22.0 Å². The third-order valence-electron chi connectivity index (χ3n) is 7.97. The molecule has 194 valence electrons. The van der Waals surface area contributed by atoms with Gasteiger partial charge in [0, 0.05) is 30.8 Å². The summed E-state index contributed by atoms with van der Waals surface area (Å²) in [7, 11) is 0. The molecule has 0 N–H and O–H groups in total. The summed E-state index contributed by atoms with van der Waals surface area (Å²) in [4.78, 5) is 20.3. The van der Waals surface area contributed by atoms with E-state index in [0.29, 0.717) is 13.0 Å². The number of carbonyl (C=O) groups excluding carboxylic acids is 1. The Bertz CT molecular complexity index is 1320. The molecule has 1 unspecified atom stereocenters. The average molecular weight is 496 g/mol. The molecule has 0 saturated carbocycles. The van der Waals surface area contributed by atoms with Crippen molar-refractivity contribution in [2.75, 3.05) is 11.4 Å². The zero-order valence-corrected chi connectivity index (χ0v) is 22.4. The lowest BCUT2D eigenvalue weighted by atomic mass is 10.1. The van der Waals surface area contributed by atoms with Gasteiger partial charge in [-0.3, -0.25) is 4.79 Å². The van der Waals surface area contributed by atoms with Crippen molar-refractivity contribution in [1.82, 2.24) is 9.55 Å². The van der Waals surface area contributed by atoms with Gasteiger partial charge in [0.2, 0.25) is 5.91 Å². The number of aromatic nitrogens is 2. The second kappa shape index (κ2) is 12.4. The van der Waals surface area contributed by atoms with Crippen molar-refractivity contribution in [3.63, 3.8) is 0 Å². The van der Waals surface area contributed by atoms with Crippen LogP contribution in [0.4, 0.5) is 5.69 Å². The number of carbonyl (C=O) groups is 1. The molecule has 37 heavy (non-hydrogen) atoms. The van der Waals surface area contributed by atoms with Crippen LogP contribution in [0, 0.1) is 0 Å². The van der Waals surface area contributed by atoms with Gasteiger partial charge in [-0.15, -0.1) is 0 Å². The summed E-state index contributed by atoms with van der Waals surface area (Å²) in [5.74, 6) is 1.38. The van der Waals surface area contributed by atoms with Crippen molar-refractivity contribution < 1.29 is 4.79 Å². The molecule has 2 heterocycles. The summed E-state index contributed by atoms with van der Waals surface area (Å²) >= 11 is 0. The molecule has 1 atom stereocenters. The number of aryl methyl sites for hydroxylation is 1. The maximum absolute atomic E-state index is 13.3. The number of hydrogen-bond acceptors (Lipinski definition) is 2. The molecule has 1 saturated heterocycles. The normalized spacial score (nSPS) is 15.9. The van der Waals surface area contributed by atoms with E-state index in [1.807, 2.05) is 4.90 Å². The van der Waals surface area contributed by atoms with E-state index in [0.717, 1.165) is 35.4 Å². The van der Waals surface area contributed by atoms with Crippen LogP contribution in [0.2, 0.25) is 0 Å². The smallest absolute Gasteiger partial charge is 0.227 e. The Morgan fingerprint density at radius 3 is 2.27 bits per heavy atom. The largest absolute Gasteiger partial charge is 0.328 e. The van der Waals surface area contributed by atoms with Crippen molar-refractivity contribution in [1.29, 1.82) is 0 Å². The van der Waals surface area contributed by atoms with Gasteiger partial charge in [0.05, 0.1) is 16.7 Å². The first-order chi connectivity index (χ1) is 18.3. The van der Waals surface area contributed by atoms with Crippen molar-refractivity contribution in [3.05, 3.63) is 72.6 Å². The fraction of sp³-hybridized carbons (Fsp3) is 0.455. The van der Waals surface area contributed by atoms with E-state index >= 15 is 0 Å². The van der Waals surface area contributed by atoms with Crippen LogP contribution < -0.4 is 4.90 Å². The van der Waals surface area contributed by atoms with E-state index in [9.17, 15) is 4.79 Å². The number of amides is 1. The van der Waals surface area contributed by atoms with Crippen LogP contribution in [0.1, 0.15) is 89.3 Å². The fourth-order valence-corrected chi connectivity index (χ4v) is 5.96. The van der Waals surface area contributed by atoms with E-state index in [1.165, 1.54) is 68.7 Å². The molecule has 1 aromatic heterocycles.